The standard InChI is InChI=1S/C15H18BrFN2O/c1-10(2)8-18-7-6-14-19-9-13(20-14)11-4-3-5-12(16)15(11)17/h3-5,9-10,18H,6-8H2,1-2H3. The molecule has 1 N–H and O–H groups in total. The van der Waals surface area contributed by atoms with Gasteiger partial charge in [-0.15, -0.1) is 0 Å². The summed E-state index contributed by atoms with van der Waals surface area (Å²) in [7, 11) is 0. The van der Waals surface area contributed by atoms with Crippen LogP contribution >= 0.6 is 15.9 Å². The van der Waals surface area contributed by atoms with Crippen molar-refractivity contribution in [2.24, 2.45) is 5.92 Å². The highest BCUT2D eigenvalue weighted by molar-refractivity contribution is 9.10. The van der Waals surface area contributed by atoms with Crippen LogP contribution in [0, 0.1) is 11.7 Å². The second kappa shape index (κ2) is 6.99. The molecule has 0 aliphatic heterocycles. The van der Waals surface area contributed by atoms with Crippen molar-refractivity contribution in [3.63, 3.8) is 0 Å². The molecular weight excluding hydrogens is 323 g/mol. The van der Waals surface area contributed by atoms with Crippen LogP contribution < -0.4 is 5.32 Å². The molecule has 0 saturated carbocycles. The molecule has 0 aliphatic rings. The Morgan fingerprint density at radius 1 is 1.40 bits per heavy atom. The van der Waals surface area contributed by atoms with Gasteiger partial charge in [0.25, 0.3) is 0 Å². The number of aromatic nitrogens is 1. The summed E-state index contributed by atoms with van der Waals surface area (Å²) in [5.41, 5.74) is 0.424. The van der Waals surface area contributed by atoms with Crippen LogP contribution in [0.3, 0.4) is 0 Å². The summed E-state index contributed by atoms with van der Waals surface area (Å²) in [6, 6.07) is 5.11. The fraction of sp³-hybridized carbons (Fsp3) is 0.400. The number of hydrogen-bond acceptors (Lipinski definition) is 3. The summed E-state index contributed by atoms with van der Waals surface area (Å²) in [6.07, 6.45) is 2.27. The van der Waals surface area contributed by atoms with Gasteiger partial charge >= 0.3 is 0 Å². The monoisotopic (exact) mass is 340 g/mol. The highest BCUT2D eigenvalue weighted by Crippen LogP contribution is 2.28. The van der Waals surface area contributed by atoms with Crippen molar-refractivity contribution in [3.05, 3.63) is 40.6 Å². The first-order valence-electron chi connectivity index (χ1n) is 6.67. The van der Waals surface area contributed by atoms with Gasteiger partial charge in [0, 0.05) is 13.0 Å². The molecule has 0 aliphatic carbocycles. The number of halogens is 2. The van der Waals surface area contributed by atoms with Gasteiger partial charge in [-0.25, -0.2) is 9.37 Å². The average molecular weight is 341 g/mol. The number of nitrogens with one attached hydrogen (secondary N) is 1. The second-order valence-electron chi connectivity index (χ2n) is 5.07. The van der Waals surface area contributed by atoms with E-state index in [0.29, 0.717) is 34.0 Å². The summed E-state index contributed by atoms with van der Waals surface area (Å²) >= 11 is 3.17. The SMILES string of the molecule is CC(C)CNCCc1ncc(-c2cccc(Br)c2F)o1. The van der Waals surface area contributed by atoms with E-state index in [-0.39, 0.29) is 5.82 Å². The van der Waals surface area contributed by atoms with Crippen molar-refractivity contribution in [2.75, 3.05) is 13.1 Å². The van der Waals surface area contributed by atoms with Crippen molar-refractivity contribution in [3.8, 4) is 11.3 Å². The molecule has 20 heavy (non-hydrogen) atoms. The molecule has 1 heterocycles. The van der Waals surface area contributed by atoms with Crippen molar-refractivity contribution in [1.82, 2.24) is 10.3 Å². The van der Waals surface area contributed by atoms with Crippen molar-refractivity contribution < 1.29 is 8.81 Å². The molecule has 0 amide bonds. The third-order valence-corrected chi connectivity index (χ3v) is 3.45. The molecule has 0 saturated heterocycles. The van der Waals surface area contributed by atoms with E-state index in [1.807, 2.05) is 0 Å². The van der Waals surface area contributed by atoms with Crippen LogP contribution in [0.1, 0.15) is 19.7 Å². The lowest BCUT2D eigenvalue weighted by Gasteiger charge is -2.05. The molecule has 0 fully saturated rings. The summed E-state index contributed by atoms with van der Waals surface area (Å²) in [4.78, 5) is 4.19. The van der Waals surface area contributed by atoms with Crippen LogP contribution in [0.5, 0.6) is 0 Å². The molecule has 2 aromatic rings. The Morgan fingerprint density at radius 3 is 2.95 bits per heavy atom. The maximum Gasteiger partial charge on any atom is 0.196 e. The number of rotatable bonds is 6. The Morgan fingerprint density at radius 2 is 2.20 bits per heavy atom. The van der Waals surface area contributed by atoms with Crippen LogP contribution in [0.15, 0.2) is 33.3 Å². The summed E-state index contributed by atoms with van der Waals surface area (Å²) in [5.74, 6) is 1.37. The predicted molar refractivity (Wildman–Crippen MR) is 81.0 cm³/mol. The topological polar surface area (TPSA) is 38.1 Å². The third-order valence-electron chi connectivity index (χ3n) is 2.84. The third kappa shape index (κ3) is 3.90. The van der Waals surface area contributed by atoms with Gasteiger partial charge in [-0.1, -0.05) is 19.9 Å². The fourth-order valence-electron chi connectivity index (χ4n) is 1.83. The van der Waals surface area contributed by atoms with Crippen molar-refractivity contribution in [2.45, 2.75) is 20.3 Å². The molecular formula is C15H18BrFN2O. The summed E-state index contributed by atoms with van der Waals surface area (Å²) < 4.78 is 20.0. The molecule has 0 radical (unpaired) electrons. The van der Waals surface area contributed by atoms with Crippen LogP contribution in [0.2, 0.25) is 0 Å². The van der Waals surface area contributed by atoms with E-state index in [1.165, 1.54) is 0 Å². The zero-order chi connectivity index (χ0) is 14.5. The lowest BCUT2D eigenvalue weighted by molar-refractivity contribution is 0.480. The van der Waals surface area contributed by atoms with Gasteiger partial charge in [-0.05, 0) is 40.5 Å². The smallest absolute Gasteiger partial charge is 0.196 e. The number of hydrogen-bond donors (Lipinski definition) is 1. The number of nitrogens with zero attached hydrogens (tertiary/aromatic N) is 1. The Balaban J connectivity index is 2.00. The Bertz CT molecular complexity index is 569. The van der Waals surface area contributed by atoms with E-state index in [4.69, 9.17) is 4.42 Å². The molecule has 1 aromatic carbocycles. The van der Waals surface area contributed by atoms with E-state index in [2.05, 4.69) is 40.1 Å². The zero-order valence-electron chi connectivity index (χ0n) is 11.6. The normalized spacial score (nSPS) is 11.2. The predicted octanol–water partition coefficient (Wildman–Crippen LogP) is 4.03. The molecule has 3 nitrogen and oxygen atoms in total. The van der Waals surface area contributed by atoms with Crippen LogP contribution in [0.4, 0.5) is 4.39 Å². The van der Waals surface area contributed by atoms with E-state index in [9.17, 15) is 4.39 Å². The quantitative estimate of drug-likeness (QED) is 0.806. The summed E-state index contributed by atoms with van der Waals surface area (Å²) in [5, 5.41) is 3.32. The zero-order valence-corrected chi connectivity index (χ0v) is 13.2. The van der Waals surface area contributed by atoms with E-state index in [1.54, 1.807) is 24.4 Å². The van der Waals surface area contributed by atoms with Gasteiger partial charge in [-0.2, -0.15) is 0 Å². The molecule has 0 bridgehead atoms. The maximum atomic E-state index is 13.9. The Labute approximate surface area is 126 Å². The fourth-order valence-corrected chi connectivity index (χ4v) is 2.20. The minimum absolute atomic E-state index is 0.326. The largest absolute Gasteiger partial charge is 0.441 e. The first-order valence-corrected chi connectivity index (χ1v) is 7.47. The van der Waals surface area contributed by atoms with Crippen LogP contribution in [-0.2, 0) is 6.42 Å². The molecule has 2 rings (SSSR count). The minimum atomic E-state index is -0.326. The molecule has 108 valence electrons. The van der Waals surface area contributed by atoms with Gasteiger partial charge in [-0.3, -0.25) is 0 Å². The molecule has 0 spiro atoms. The maximum absolute atomic E-state index is 13.9. The molecule has 5 heteroatoms. The first-order chi connectivity index (χ1) is 9.58. The lowest BCUT2D eigenvalue weighted by atomic mass is 10.2. The number of benzene rings is 1. The highest BCUT2D eigenvalue weighted by atomic mass is 79.9. The molecule has 1 aromatic heterocycles. The van der Waals surface area contributed by atoms with E-state index >= 15 is 0 Å². The molecule has 0 unspecified atom stereocenters. The minimum Gasteiger partial charge on any atom is -0.441 e. The Kier molecular flexibility index (Phi) is 5.31. The van der Waals surface area contributed by atoms with E-state index in [0.717, 1.165) is 13.1 Å². The summed E-state index contributed by atoms with van der Waals surface area (Å²) in [6.45, 7) is 6.09. The van der Waals surface area contributed by atoms with Gasteiger partial charge in [0.1, 0.15) is 5.82 Å². The number of oxazole rings is 1. The van der Waals surface area contributed by atoms with Gasteiger partial charge in [0.05, 0.1) is 16.2 Å². The van der Waals surface area contributed by atoms with Crippen LogP contribution in [0.25, 0.3) is 11.3 Å². The van der Waals surface area contributed by atoms with Gasteiger partial charge in [0.15, 0.2) is 11.7 Å². The lowest BCUT2D eigenvalue weighted by Crippen LogP contribution is -2.22. The highest BCUT2D eigenvalue weighted by Gasteiger charge is 2.12. The molecule has 0 atom stereocenters. The van der Waals surface area contributed by atoms with Crippen molar-refractivity contribution >= 4 is 15.9 Å². The van der Waals surface area contributed by atoms with Crippen LogP contribution in [-0.4, -0.2) is 18.1 Å². The van der Waals surface area contributed by atoms with Gasteiger partial charge < -0.3 is 9.73 Å². The van der Waals surface area contributed by atoms with Gasteiger partial charge in [0.2, 0.25) is 0 Å². The Hall–Kier alpha value is -1.20. The first kappa shape index (κ1) is 15.2. The average Bonchev–Trinajstić information content (AvgIpc) is 2.86. The second-order valence-corrected chi connectivity index (χ2v) is 5.92. The van der Waals surface area contributed by atoms with Crippen molar-refractivity contribution in [1.29, 1.82) is 0 Å². The van der Waals surface area contributed by atoms with E-state index < -0.39 is 0 Å².